The third kappa shape index (κ3) is 3.63. The Kier molecular flexibility index (Phi) is 5.66. The van der Waals surface area contributed by atoms with E-state index in [0.717, 1.165) is 34.6 Å². The van der Waals surface area contributed by atoms with Gasteiger partial charge in [0.15, 0.2) is 0 Å². The zero-order chi connectivity index (χ0) is 21.4. The quantitative estimate of drug-likeness (QED) is 0.451. The van der Waals surface area contributed by atoms with Gasteiger partial charge in [0, 0.05) is 23.5 Å². The molecule has 1 aromatic carbocycles. The topological polar surface area (TPSA) is 70.1 Å². The van der Waals surface area contributed by atoms with Gasteiger partial charge in [0.1, 0.15) is 11.5 Å². The average molecular weight is 427 g/mol. The van der Waals surface area contributed by atoms with Gasteiger partial charge in [-0.25, -0.2) is 0 Å². The van der Waals surface area contributed by atoms with E-state index < -0.39 is 17.7 Å². The zero-order valence-corrected chi connectivity index (χ0v) is 18.3. The second-order valence-electron chi connectivity index (χ2n) is 8.04. The van der Waals surface area contributed by atoms with Crippen LogP contribution in [0.1, 0.15) is 34.0 Å². The van der Waals surface area contributed by atoms with Gasteiger partial charge in [-0.2, -0.15) is 0 Å². The molecule has 3 heterocycles. The van der Waals surface area contributed by atoms with Crippen molar-refractivity contribution in [2.75, 3.05) is 33.8 Å². The second kappa shape index (κ2) is 8.24. The highest BCUT2D eigenvalue weighted by molar-refractivity contribution is 7.10. The largest absolute Gasteiger partial charge is 0.507 e. The second-order valence-corrected chi connectivity index (χ2v) is 8.99. The summed E-state index contributed by atoms with van der Waals surface area (Å²) in [6.07, 6.45) is 1.78. The molecule has 0 saturated carbocycles. The van der Waals surface area contributed by atoms with E-state index in [1.807, 2.05) is 49.5 Å². The monoisotopic (exact) mass is 426 g/mol. The number of likely N-dealkylation sites (N-methyl/N-ethyl adjacent to an activating group) is 1. The third-order valence-electron chi connectivity index (χ3n) is 5.66. The van der Waals surface area contributed by atoms with Crippen molar-refractivity contribution in [3.8, 4) is 5.75 Å². The van der Waals surface area contributed by atoms with Crippen molar-refractivity contribution >= 4 is 28.8 Å². The van der Waals surface area contributed by atoms with Gasteiger partial charge in [-0.05, 0) is 74.6 Å². The fraction of sp³-hybridized carbons (Fsp3) is 0.391. The number of hydrogen-bond acceptors (Lipinski definition) is 6. The van der Waals surface area contributed by atoms with Crippen molar-refractivity contribution in [2.45, 2.75) is 25.8 Å². The van der Waals surface area contributed by atoms with Crippen molar-refractivity contribution in [3.05, 3.63) is 56.8 Å². The number of ketones is 1. The first-order valence-corrected chi connectivity index (χ1v) is 11.0. The van der Waals surface area contributed by atoms with E-state index in [1.165, 1.54) is 11.3 Å². The number of benzene rings is 1. The highest BCUT2D eigenvalue weighted by Gasteiger charge is 2.46. The van der Waals surface area contributed by atoms with Crippen molar-refractivity contribution in [1.29, 1.82) is 0 Å². The van der Waals surface area contributed by atoms with Crippen LogP contribution in [0.3, 0.4) is 0 Å². The molecule has 0 radical (unpaired) electrons. The number of nitrogens with zero attached hydrogens (tertiary/aromatic N) is 2. The number of aryl methyl sites for hydroxylation is 2. The van der Waals surface area contributed by atoms with Gasteiger partial charge in [0.2, 0.25) is 0 Å². The summed E-state index contributed by atoms with van der Waals surface area (Å²) >= 11 is 1.50. The van der Waals surface area contributed by atoms with Crippen LogP contribution in [0.2, 0.25) is 0 Å². The summed E-state index contributed by atoms with van der Waals surface area (Å²) in [4.78, 5) is 30.4. The first-order chi connectivity index (χ1) is 14.4. The summed E-state index contributed by atoms with van der Waals surface area (Å²) in [5.41, 5.74) is 2.73. The molecule has 1 N–H and O–H groups in total. The molecule has 30 heavy (non-hydrogen) atoms. The molecule has 4 rings (SSSR count). The van der Waals surface area contributed by atoms with Gasteiger partial charge in [0.25, 0.3) is 11.7 Å². The maximum absolute atomic E-state index is 13.0. The van der Waals surface area contributed by atoms with E-state index in [0.29, 0.717) is 25.3 Å². The van der Waals surface area contributed by atoms with Crippen LogP contribution in [0, 0.1) is 6.92 Å². The normalized spacial score (nSPS) is 20.5. The molecule has 0 spiro atoms. The molecule has 1 unspecified atom stereocenters. The molecular formula is C23H26N2O4S. The Morgan fingerprint density at radius 2 is 2.10 bits per heavy atom. The number of carbonyl (C=O) groups excluding carboxylic acids is 2. The Morgan fingerprint density at radius 3 is 2.80 bits per heavy atom. The highest BCUT2D eigenvalue weighted by Crippen LogP contribution is 2.42. The fourth-order valence-electron chi connectivity index (χ4n) is 4.02. The lowest BCUT2D eigenvalue weighted by molar-refractivity contribution is -0.140. The molecule has 1 amide bonds. The van der Waals surface area contributed by atoms with Crippen molar-refractivity contribution in [1.82, 2.24) is 9.80 Å². The van der Waals surface area contributed by atoms with Crippen LogP contribution < -0.4 is 4.74 Å². The average Bonchev–Trinajstić information content (AvgIpc) is 3.26. The van der Waals surface area contributed by atoms with Crippen LogP contribution in [0.25, 0.3) is 5.76 Å². The lowest BCUT2D eigenvalue weighted by atomic mass is 9.96. The first-order valence-electron chi connectivity index (χ1n) is 10.1. The number of fused-ring (bicyclic) bond motifs is 1. The van der Waals surface area contributed by atoms with Crippen LogP contribution >= 0.6 is 11.3 Å². The molecule has 1 atom stereocenters. The fourth-order valence-corrected chi connectivity index (χ4v) is 5.07. The smallest absolute Gasteiger partial charge is 0.295 e. The number of ether oxygens (including phenoxy) is 1. The molecule has 6 nitrogen and oxygen atoms in total. The van der Waals surface area contributed by atoms with Crippen LogP contribution in [-0.2, 0) is 16.0 Å². The molecule has 1 fully saturated rings. The minimum Gasteiger partial charge on any atom is -0.507 e. The Morgan fingerprint density at radius 1 is 1.30 bits per heavy atom. The number of Topliss-reactive ketones (excluding diaryl/α,β-unsaturated/α-hetero) is 1. The number of likely N-dealkylation sites (tertiary alicyclic amines) is 1. The molecule has 158 valence electrons. The summed E-state index contributed by atoms with van der Waals surface area (Å²) < 4.78 is 5.66. The maximum atomic E-state index is 13.0. The van der Waals surface area contributed by atoms with Crippen LogP contribution in [0.15, 0.2) is 35.2 Å². The van der Waals surface area contributed by atoms with Crippen LogP contribution in [0.4, 0.5) is 0 Å². The number of thiophene rings is 1. The highest BCUT2D eigenvalue weighted by atomic mass is 32.1. The number of aliphatic hydroxyl groups excluding tert-OH is 1. The lowest BCUT2D eigenvalue weighted by Crippen LogP contribution is -2.35. The predicted molar refractivity (Wildman–Crippen MR) is 117 cm³/mol. The SMILES string of the molecule is Cc1ccsc1C1/C(=C(/O)c2ccc3c(c2)CCCO3)C(=O)C(=O)N1CCN(C)C. The van der Waals surface area contributed by atoms with Crippen LogP contribution in [0.5, 0.6) is 5.75 Å². The van der Waals surface area contributed by atoms with Crippen molar-refractivity contribution in [2.24, 2.45) is 0 Å². The molecule has 2 aromatic rings. The Labute approximate surface area is 180 Å². The van der Waals surface area contributed by atoms with Crippen LogP contribution in [-0.4, -0.2) is 60.4 Å². The predicted octanol–water partition coefficient (Wildman–Crippen LogP) is 3.36. The Bertz CT molecular complexity index is 1020. The summed E-state index contributed by atoms with van der Waals surface area (Å²) in [6, 6.07) is 6.86. The summed E-state index contributed by atoms with van der Waals surface area (Å²) in [5.74, 6) is -0.489. The van der Waals surface area contributed by atoms with Gasteiger partial charge in [0.05, 0.1) is 18.2 Å². The van der Waals surface area contributed by atoms with Gasteiger partial charge in [-0.3, -0.25) is 9.59 Å². The minimum absolute atomic E-state index is 0.119. The van der Waals surface area contributed by atoms with E-state index >= 15 is 0 Å². The van der Waals surface area contributed by atoms with Gasteiger partial charge in [-0.15, -0.1) is 11.3 Å². The Hall–Kier alpha value is -2.64. The van der Waals surface area contributed by atoms with Gasteiger partial charge in [-0.1, -0.05) is 0 Å². The number of hydrogen-bond donors (Lipinski definition) is 1. The Balaban J connectivity index is 1.82. The minimum atomic E-state index is -0.627. The number of amides is 1. The van der Waals surface area contributed by atoms with E-state index in [1.54, 1.807) is 11.0 Å². The van der Waals surface area contributed by atoms with Gasteiger partial charge < -0.3 is 19.6 Å². The van der Waals surface area contributed by atoms with Crippen molar-refractivity contribution < 1.29 is 19.4 Å². The maximum Gasteiger partial charge on any atom is 0.295 e. The molecule has 7 heteroatoms. The molecule has 0 bridgehead atoms. The molecule has 2 aliphatic rings. The number of carbonyl (C=O) groups is 2. The van der Waals surface area contributed by atoms with E-state index in [9.17, 15) is 14.7 Å². The van der Waals surface area contributed by atoms with E-state index in [2.05, 4.69) is 0 Å². The standard InChI is InChI=1S/C23H26N2O4S/c1-14-8-12-30-22(14)19-18(21(27)23(28)25(19)10-9-24(2)3)20(26)16-6-7-17-15(13-16)5-4-11-29-17/h6-8,12-13,19,26H,4-5,9-11H2,1-3H3/b20-18-. The molecule has 1 aromatic heterocycles. The van der Waals surface area contributed by atoms with Crippen molar-refractivity contribution in [3.63, 3.8) is 0 Å². The third-order valence-corrected chi connectivity index (χ3v) is 6.73. The lowest BCUT2D eigenvalue weighted by Gasteiger charge is -2.26. The zero-order valence-electron chi connectivity index (χ0n) is 17.5. The molecule has 2 aliphatic heterocycles. The summed E-state index contributed by atoms with van der Waals surface area (Å²) in [6.45, 7) is 3.69. The first kappa shape index (κ1) is 20.6. The summed E-state index contributed by atoms with van der Waals surface area (Å²) in [7, 11) is 3.86. The summed E-state index contributed by atoms with van der Waals surface area (Å²) in [5, 5.41) is 13.2. The van der Waals surface area contributed by atoms with E-state index in [4.69, 9.17) is 4.74 Å². The molecular weight excluding hydrogens is 400 g/mol. The van der Waals surface area contributed by atoms with Gasteiger partial charge >= 0.3 is 0 Å². The number of aliphatic hydroxyl groups is 1. The molecule has 0 aliphatic carbocycles. The van der Waals surface area contributed by atoms with E-state index in [-0.39, 0.29) is 11.3 Å². The number of rotatable bonds is 5. The molecule has 1 saturated heterocycles.